The van der Waals surface area contributed by atoms with Gasteiger partial charge in [-0.15, -0.1) is 70.8 Å². The van der Waals surface area contributed by atoms with Gasteiger partial charge in [0.05, 0.1) is 12.1 Å². The molecular weight excluding hydrogens is 1110 g/mol. The molecule has 0 aromatic heterocycles. The minimum Gasteiger partial charge on any atom is -0.872 e. The Hall–Kier alpha value is -2.81. The van der Waals surface area contributed by atoms with Crippen LogP contribution in [-0.4, -0.2) is 60.4 Å². The Morgan fingerprint density at radius 2 is 0.735 bits per heavy atom. The number of benzene rings is 2. The van der Waals surface area contributed by atoms with Gasteiger partial charge in [0.25, 0.3) is 0 Å². The van der Waals surface area contributed by atoms with Gasteiger partial charge >= 0.3 is 52.4 Å². The minimum atomic E-state index is -0.523. The summed E-state index contributed by atoms with van der Waals surface area (Å²) >= 11 is 20.2. The monoisotopic (exact) mass is 1170 g/mol. The number of allylic oxidation sites excluding steroid dienone is 4. The van der Waals surface area contributed by atoms with Gasteiger partial charge in [0.1, 0.15) is 23.5 Å². The molecule has 2 rings (SSSR count). The third-order valence-electron chi connectivity index (χ3n) is 5.86. The molecule has 0 aliphatic carbocycles. The Kier molecular flexibility index (Phi) is 57.8. The Bertz CT molecular complexity index is 1790. The van der Waals surface area contributed by atoms with E-state index in [9.17, 15) is 30.6 Å². The summed E-state index contributed by atoms with van der Waals surface area (Å²) in [6.45, 7) is 28.3. The first-order chi connectivity index (χ1) is 30.2. The molecule has 0 aliphatic rings. The Morgan fingerprint density at radius 1 is 0.529 bits per heavy atom. The van der Waals surface area contributed by atoms with E-state index in [4.69, 9.17) is 78.9 Å². The van der Waals surface area contributed by atoms with Crippen molar-refractivity contribution in [3.05, 3.63) is 91.9 Å². The summed E-state index contributed by atoms with van der Waals surface area (Å²) in [6, 6.07) is 13.5. The van der Waals surface area contributed by atoms with Gasteiger partial charge in [0, 0.05) is 35.9 Å². The van der Waals surface area contributed by atoms with Crippen LogP contribution in [-0.2, 0) is 63.2 Å². The summed E-state index contributed by atoms with van der Waals surface area (Å²) in [5, 5.41) is 97.8. The number of aliphatic imine (C=N–C) groups is 2. The molecule has 0 amide bonds. The number of nitrogens with one attached hydrogen (secondary N) is 2. The molecule has 0 aliphatic heterocycles. The zero-order valence-electron chi connectivity index (χ0n) is 42.2. The van der Waals surface area contributed by atoms with Crippen LogP contribution in [0.1, 0.15) is 130 Å². The van der Waals surface area contributed by atoms with Gasteiger partial charge < -0.3 is 42.1 Å². The van der Waals surface area contributed by atoms with Crippen LogP contribution < -0.4 is 30.6 Å². The van der Waals surface area contributed by atoms with Crippen molar-refractivity contribution in [2.75, 3.05) is 23.5 Å². The standard InChI is InChI=1S/2C16H17N4O.4C3H7O.2C2H4Cl2.2Zr/c2*1-10-5-11(9-20-14(8-18)13(19)7-17)15(21)12(6-10)16(2,3)4;4*1-3(2)4;2*3-1-2-4;;/h2*5-6,9,19H,1-4H3,(H,20,21);4*3H,1-2H3;2*1-2H2;;/q6*-1;;;2*+4/p-2/b2*14-13-;;;;;;;;. The third kappa shape index (κ3) is 51.0. The fourth-order valence-corrected chi connectivity index (χ4v) is 3.58. The Morgan fingerprint density at radius 3 is 0.882 bits per heavy atom. The average molecular weight is 1180 g/mol. The first-order valence-corrected chi connectivity index (χ1v) is 22.4. The largest absolute Gasteiger partial charge is 4.00 e. The van der Waals surface area contributed by atoms with Gasteiger partial charge in [-0.2, -0.15) is 21.0 Å². The number of hydrogen-bond donors (Lipinski definition) is 0. The summed E-state index contributed by atoms with van der Waals surface area (Å²) in [5.41, 5.74) is 16.2. The van der Waals surface area contributed by atoms with E-state index < -0.39 is 35.8 Å². The Balaban J connectivity index is -0.000000117. The second-order valence-electron chi connectivity index (χ2n) is 16.3. The number of halogens is 4. The van der Waals surface area contributed by atoms with E-state index in [2.05, 4.69) is 9.98 Å². The summed E-state index contributed by atoms with van der Waals surface area (Å²) in [4.78, 5) is 7.58. The molecule has 20 heteroatoms. The normalized spacial score (nSPS) is 10.8. The van der Waals surface area contributed by atoms with Crippen LogP contribution in [0.25, 0.3) is 11.5 Å². The fraction of sp³-hybridized carbons (Fsp3) is 0.542. The van der Waals surface area contributed by atoms with Crippen molar-refractivity contribution in [3.8, 4) is 35.8 Å². The van der Waals surface area contributed by atoms with E-state index in [1.165, 1.54) is 12.4 Å². The van der Waals surface area contributed by atoms with Crippen LogP contribution in [0.3, 0.4) is 0 Å². The fourth-order valence-electron chi connectivity index (χ4n) is 3.58. The smallest absolute Gasteiger partial charge is 0.872 e. The van der Waals surface area contributed by atoms with Crippen molar-refractivity contribution in [2.45, 2.75) is 146 Å². The van der Waals surface area contributed by atoms with Crippen molar-refractivity contribution < 1.29 is 83.0 Å². The molecule has 2 aromatic rings. The van der Waals surface area contributed by atoms with Crippen LogP contribution in [0.15, 0.2) is 57.0 Å². The number of alkyl halides is 4. The second kappa shape index (κ2) is 47.8. The summed E-state index contributed by atoms with van der Waals surface area (Å²) in [7, 11) is 0. The molecule has 0 saturated heterocycles. The molecule has 0 fully saturated rings. The van der Waals surface area contributed by atoms with E-state index >= 15 is 0 Å². The SMILES string of the molecule is CC(C)[O-].CC(C)[O-].CC(C)[O-].CC(C)[O-].Cc1cc(C=N/C(C#N)=C(\[NH-])C#N)c([O-])c(C(C)(C)C)c1.Cc1cc(C=N/C(C#N)=C(\[NH-])C#N)c([O-])c(C(C)(C)C)c1.ClCCCl.ClCCCl.[Zr+4].[Zr+4]. The van der Waals surface area contributed by atoms with Gasteiger partial charge in [-0.25, -0.2) is 9.98 Å². The molecule has 0 unspecified atom stereocenters. The van der Waals surface area contributed by atoms with Crippen molar-refractivity contribution in [2.24, 2.45) is 9.98 Å². The van der Waals surface area contributed by atoms with Crippen molar-refractivity contribution in [1.82, 2.24) is 0 Å². The van der Waals surface area contributed by atoms with Gasteiger partial charge in [-0.1, -0.05) is 144 Å². The predicted molar refractivity (Wildman–Crippen MR) is 262 cm³/mol. The zero-order chi connectivity index (χ0) is 53.6. The van der Waals surface area contributed by atoms with Crippen molar-refractivity contribution >= 4 is 58.8 Å². The summed E-state index contributed by atoms with van der Waals surface area (Å²) in [5.74, 6) is 1.92. The first kappa shape index (κ1) is 82.1. The van der Waals surface area contributed by atoms with Crippen LogP contribution in [0.5, 0.6) is 11.5 Å². The van der Waals surface area contributed by atoms with Crippen LogP contribution >= 0.6 is 46.4 Å². The average Bonchev–Trinajstić information content (AvgIpc) is 3.18. The van der Waals surface area contributed by atoms with Gasteiger partial charge in [0.15, 0.2) is 0 Å². The van der Waals surface area contributed by atoms with E-state index in [-0.39, 0.29) is 86.1 Å². The van der Waals surface area contributed by atoms with E-state index in [0.717, 1.165) is 11.1 Å². The number of hydrogen-bond acceptors (Lipinski definition) is 12. The van der Waals surface area contributed by atoms with Gasteiger partial charge in [-0.3, -0.25) is 0 Å². The second-order valence-corrected chi connectivity index (χ2v) is 17.8. The molecule has 0 saturated carbocycles. The number of rotatable bonds is 6. The Labute approximate surface area is 466 Å². The van der Waals surface area contributed by atoms with E-state index in [1.807, 2.05) is 67.5 Å². The number of nitrogens with zero attached hydrogens (tertiary/aromatic N) is 6. The van der Waals surface area contributed by atoms with Gasteiger partial charge in [-0.05, 0) is 58.3 Å². The molecule has 0 spiro atoms. The quantitative estimate of drug-likeness (QED) is 0.152. The predicted octanol–water partition coefficient (Wildman–Crippen LogP) is 8.14. The molecule has 0 heterocycles. The van der Waals surface area contributed by atoms with Crippen LogP contribution in [0.2, 0.25) is 0 Å². The number of aryl methyl sites for hydroxylation is 2. The van der Waals surface area contributed by atoms with Crippen molar-refractivity contribution in [1.29, 1.82) is 21.0 Å². The van der Waals surface area contributed by atoms with Gasteiger partial charge in [0.2, 0.25) is 0 Å². The minimum absolute atomic E-state index is 0. The molecule has 0 bridgehead atoms. The van der Waals surface area contributed by atoms with E-state index in [1.54, 1.807) is 91.8 Å². The molecule has 68 heavy (non-hydrogen) atoms. The molecule has 14 nitrogen and oxygen atoms in total. The molecule has 2 aromatic carbocycles. The number of nitriles is 4. The van der Waals surface area contributed by atoms with E-state index in [0.29, 0.717) is 45.8 Å². The van der Waals surface area contributed by atoms with Crippen LogP contribution in [0.4, 0.5) is 0 Å². The topological polar surface area (TPSA) is 306 Å². The maximum atomic E-state index is 12.4. The van der Waals surface area contributed by atoms with Crippen molar-refractivity contribution in [3.63, 3.8) is 0 Å². The molecule has 0 atom stereocenters. The molecule has 2 N–H and O–H groups in total. The summed E-state index contributed by atoms with van der Waals surface area (Å²) < 4.78 is 0. The third-order valence-corrected chi connectivity index (χ3v) is 7.00. The molecule has 0 radical (unpaired) electrons. The first-order valence-electron chi connectivity index (χ1n) is 20.3. The maximum absolute atomic E-state index is 12.4. The molecule has 372 valence electrons. The van der Waals surface area contributed by atoms with Crippen LogP contribution in [0, 0.1) is 59.2 Å². The maximum Gasteiger partial charge on any atom is 4.00 e. The molecular formula is C48H68Cl4N8O6Zr2. The summed E-state index contributed by atoms with van der Waals surface area (Å²) in [6.07, 6.45) is 0.823. The zero-order valence-corrected chi connectivity index (χ0v) is 50.2.